The lowest BCUT2D eigenvalue weighted by atomic mass is 10.0. The zero-order valence-corrected chi connectivity index (χ0v) is 11.8. The molecule has 1 saturated heterocycles. The minimum Gasteiger partial charge on any atom is -0.478 e. The van der Waals surface area contributed by atoms with Crippen LogP contribution < -0.4 is 4.90 Å². The van der Waals surface area contributed by atoms with Gasteiger partial charge >= 0.3 is 5.97 Å². The standard InChI is InChI=1S/C17H18N2O2/c20-17(21)14-5-2-6-15-13(14)7-8-16(18-15)19-9-11-3-1-4-12(11)10-19/h2,5-8,11-12H,1,3-4,9-10H2,(H,20,21). The van der Waals surface area contributed by atoms with Gasteiger partial charge in [-0.25, -0.2) is 9.78 Å². The molecular formula is C17H18N2O2. The molecule has 1 aromatic heterocycles. The Hall–Kier alpha value is -2.10. The van der Waals surface area contributed by atoms with Crippen molar-refractivity contribution in [3.8, 4) is 0 Å². The van der Waals surface area contributed by atoms with E-state index >= 15 is 0 Å². The largest absolute Gasteiger partial charge is 0.478 e. The van der Waals surface area contributed by atoms with Crippen molar-refractivity contribution < 1.29 is 9.90 Å². The average molecular weight is 282 g/mol. The highest BCUT2D eigenvalue weighted by atomic mass is 16.4. The summed E-state index contributed by atoms with van der Waals surface area (Å²) in [5.41, 5.74) is 1.09. The van der Waals surface area contributed by atoms with Gasteiger partial charge in [-0.1, -0.05) is 12.5 Å². The Morgan fingerprint density at radius 1 is 1.14 bits per heavy atom. The molecule has 4 heteroatoms. The Morgan fingerprint density at radius 2 is 1.90 bits per heavy atom. The molecule has 2 atom stereocenters. The summed E-state index contributed by atoms with van der Waals surface area (Å²) in [6.07, 6.45) is 4.06. The molecule has 0 radical (unpaired) electrons. The molecule has 4 nitrogen and oxygen atoms in total. The van der Waals surface area contributed by atoms with Crippen molar-refractivity contribution in [2.24, 2.45) is 11.8 Å². The molecule has 1 aromatic carbocycles. The predicted molar refractivity (Wildman–Crippen MR) is 81.7 cm³/mol. The highest BCUT2D eigenvalue weighted by molar-refractivity contribution is 6.02. The molecule has 2 heterocycles. The maximum atomic E-state index is 11.3. The van der Waals surface area contributed by atoms with E-state index in [0.717, 1.165) is 36.3 Å². The molecule has 1 aliphatic carbocycles. The van der Waals surface area contributed by atoms with E-state index in [1.165, 1.54) is 19.3 Å². The van der Waals surface area contributed by atoms with Gasteiger partial charge in [0.1, 0.15) is 5.82 Å². The summed E-state index contributed by atoms with van der Waals surface area (Å²) in [5, 5.41) is 9.95. The fourth-order valence-corrected chi connectivity index (χ4v) is 3.93. The fourth-order valence-electron chi connectivity index (χ4n) is 3.93. The Balaban J connectivity index is 1.70. The maximum Gasteiger partial charge on any atom is 0.336 e. The predicted octanol–water partition coefficient (Wildman–Crippen LogP) is 3.17. The van der Waals surface area contributed by atoms with E-state index in [2.05, 4.69) is 4.90 Å². The van der Waals surface area contributed by atoms with Crippen LogP contribution in [0.3, 0.4) is 0 Å². The minimum absolute atomic E-state index is 0.324. The first-order valence-corrected chi connectivity index (χ1v) is 7.60. The third-order valence-corrected chi connectivity index (χ3v) is 5.00. The topological polar surface area (TPSA) is 53.4 Å². The fraction of sp³-hybridized carbons (Fsp3) is 0.412. The summed E-state index contributed by atoms with van der Waals surface area (Å²) in [4.78, 5) is 18.3. The van der Waals surface area contributed by atoms with Crippen LogP contribution in [0.5, 0.6) is 0 Å². The smallest absolute Gasteiger partial charge is 0.336 e. The first-order chi connectivity index (χ1) is 10.2. The van der Waals surface area contributed by atoms with Gasteiger partial charge in [-0.15, -0.1) is 0 Å². The average Bonchev–Trinajstić information content (AvgIpc) is 3.07. The van der Waals surface area contributed by atoms with Crippen molar-refractivity contribution in [3.63, 3.8) is 0 Å². The van der Waals surface area contributed by atoms with Gasteiger partial charge in [-0.05, 0) is 48.9 Å². The molecule has 1 N–H and O–H groups in total. The second-order valence-electron chi connectivity index (χ2n) is 6.20. The summed E-state index contributed by atoms with van der Waals surface area (Å²) in [5.74, 6) is 1.74. The second kappa shape index (κ2) is 4.72. The minimum atomic E-state index is -0.897. The number of carboxylic acids is 1. The maximum absolute atomic E-state index is 11.3. The van der Waals surface area contributed by atoms with E-state index in [1.807, 2.05) is 18.2 Å². The van der Waals surface area contributed by atoms with E-state index in [9.17, 15) is 9.90 Å². The van der Waals surface area contributed by atoms with Crippen LogP contribution in [0.15, 0.2) is 30.3 Å². The number of aromatic carboxylic acids is 1. The van der Waals surface area contributed by atoms with Gasteiger partial charge in [0.25, 0.3) is 0 Å². The summed E-state index contributed by atoms with van der Waals surface area (Å²) >= 11 is 0. The number of pyridine rings is 1. The van der Waals surface area contributed by atoms with Crippen LogP contribution >= 0.6 is 0 Å². The molecular weight excluding hydrogens is 264 g/mol. The molecule has 0 spiro atoms. The monoisotopic (exact) mass is 282 g/mol. The van der Waals surface area contributed by atoms with Crippen LogP contribution in [0.25, 0.3) is 10.9 Å². The van der Waals surface area contributed by atoms with Gasteiger partial charge in [-0.3, -0.25) is 0 Å². The Labute approximate surface area is 123 Å². The molecule has 0 amide bonds. The molecule has 4 rings (SSSR count). The lowest BCUT2D eigenvalue weighted by Crippen LogP contribution is -2.21. The molecule has 1 saturated carbocycles. The number of hydrogen-bond acceptors (Lipinski definition) is 3. The van der Waals surface area contributed by atoms with Gasteiger partial charge in [0.05, 0.1) is 11.1 Å². The molecule has 1 aliphatic heterocycles. The van der Waals surface area contributed by atoms with Gasteiger partial charge in [0, 0.05) is 18.5 Å². The van der Waals surface area contributed by atoms with Crippen LogP contribution in [0.4, 0.5) is 5.82 Å². The van der Waals surface area contributed by atoms with Crippen LogP contribution in [-0.2, 0) is 0 Å². The summed E-state index contributed by atoms with van der Waals surface area (Å²) in [7, 11) is 0. The molecule has 0 bridgehead atoms. The highest BCUT2D eigenvalue weighted by Gasteiger charge is 2.36. The lowest BCUT2D eigenvalue weighted by Gasteiger charge is -2.19. The highest BCUT2D eigenvalue weighted by Crippen LogP contribution is 2.39. The van der Waals surface area contributed by atoms with Crippen molar-refractivity contribution in [2.45, 2.75) is 19.3 Å². The van der Waals surface area contributed by atoms with Crippen LogP contribution in [-0.4, -0.2) is 29.1 Å². The van der Waals surface area contributed by atoms with Crippen molar-refractivity contribution in [1.82, 2.24) is 4.98 Å². The SMILES string of the molecule is O=C(O)c1cccc2nc(N3CC4CCCC4C3)ccc12. The van der Waals surface area contributed by atoms with E-state index in [-0.39, 0.29) is 0 Å². The van der Waals surface area contributed by atoms with Crippen molar-refractivity contribution in [1.29, 1.82) is 0 Å². The number of carboxylic acid groups (broad SMARTS) is 1. The summed E-state index contributed by atoms with van der Waals surface area (Å²) < 4.78 is 0. The Kier molecular flexibility index (Phi) is 2.84. The number of hydrogen-bond donors (Lipinski definition) is 1. The molecule has 2 unspecified atom stereocenters. The lowest BCUT2D eigenvalue weighted by molar-refractivity contribution is 0.0699. The van der Waals surface area contributed by atoms with Gasteiger partial charge < -0.3 is 10.0 Å². The van der Waals surface area contributed by atoms with Crippen molar-refractivity contribution in [3.05, 3.63) is 35.9 Å². The van der Waals surface area contributed by atoms with Crippen LogP contribution in [0.2, 0.25) is 0 Å². The Morgan fingerprint density at radius 3 is 2.62 bits per heavy atom. The number of aromatic nitrogens is 1. The third kappa shape index (κ3) is 2.06. The number of nitrogens with zero attached hydrogens (tertiary/aromatic N) is 2. The zero-order chi connectivity index (χ0) is 14.4. The van der Waals surface area contributed by atoms with E-state index < -0.39 is 5.97 Å². The van der Waals surface area contributed by atoms with Gasteiger partial charge in [0.2, 0.25) is 0 Å². The summed E-state index contributed by atoms with van der Waals surface area (Å²) in [6.45, 7) is 2.20. The van der Waals surface area contributed by atoms with Gasteiger partial charge in [0.15, 0.2) is 0 Å². The summed E-state index contributed by atoms with van der Waals surface area (Å²) in [6, 6.07) is 9.15. The third-order valence-electron chi connectivity index (χ3n) is 5.00. The van der Waals surface area contributed by atoms with E-state index in [0.29, 0.717) is 10.9 Å². The van der Waals surface area contributed by atoms with Gasteiger partial charge in [-0.2, -0.15) is 0 Å². The number of fused-ring (bicyclic) bond motifs is 2. The van der Waals surface area contributed by atoms with Crippen LogP contribution in [0.1, 0.15) is 29.6 Å². The number of rotatable bonds is 2. The van der Waals surface area contributed by atoms with Crippen molar-refractivity contribution >= 4 is 22.7 Å². The molecule has 2 fully saturated rings. The number of carbonyl (C=O) groups is 1. The van der Waals surface area contributed by atoms with E-state index in [1.54, 1.807) is 12.1 Å². The molecule has 2 aromatic rings. The molecule has 108 valence electrons. The number of benzene rings is 1. The van der Waals surface area contributed by atoms with Crippen molar-refractivity contribution in [2.75, 3.05) is 18.0 Å². The Bertz CT molecular complexity index is 701. The number of anilines is 1. The zero-order valence-electron chi connectivity index (χ0n) is 11.8. The second-order valence-corrected chi connectivity index (χ2v) is 6.20. The van der Waals surface area contributed by atoms with Crippen LogP contribution in [0, 0.1) is 11.8 Å². The molecule has 21 heavy (non-hydrogen) atoms. The molecule has 2 aliphatic rings. The van der Waals surface area contributed by atoms with E-state index in [4.69, 9.17) is 4.98 Å². The first-order valence-electron chi connectivity index (χ1n) is 7.60. The quantitative estimate of drug-likeness (QED) is 0.919. The normalized spacial score (nSPS) is 24.5. The first kappa shape index (κ1) is 12.6.